The molecule has 0 radical (unpaired) electrons. The summed E-state index contributed by atoms with van der Waals surface area (Å²) in [4.78, 5) is 16.4. The lowest BCUT2D eigenvalue weighted by molar-refractivity contribution is -0.404. The molecule has 1 heterocycles. The maximum atomic E-state index is 12.2. The van der Waals surface area contributed by atoms with E-state index in [0.29, 0.717) is 24.4 Å². The SMILES string of the molecule is O=[N+]([O-])C=C1N=CCCN1Cc1ccc(SCC(F)(F)F)cc1. The van der Waals surface area contributed by atoms with Gasteiger partial charge in [-0.1, -0.05) is 12.1 Å². The van der Waals surface area contributed by atoms with Gasteiger partial charge in [-0.25, -0.2) is 4.99 Å². The van der Waals surface area contributed by atoms with Gasteiger partial charge in [0.2, 0.25) is 0 Å². The molecule has 1 aromatic rings. The normalized spacial score (nSPS) is 16.8. The van der Waals surface area contributed by atoms with Crippen LogP contribution in [0.4, 0.5) is 13.2 Å². The Kier molecular flexibility index (Phi) is 5.64. The van der Waals surface area contributed by atoms with E-state index < -0.39 is 16.9 Å². The minimum absolute atomic E-state index is 0.275. The van der Waals surface area contributed by atoms with Crippen LogP contribution in [0.25, 0.3) is 0 Å². The van der Waals surface area contributed by atoms with Gasteiger partial charge < -0.3 is 4.90 Å². The molecule has 0 amide bonds. The van der Waals surface area contributed by atoms with Gasteiger partial charge in [-0.2, -0.15) is 13.2 Å². The molecule has 1 aliphatic heterocycles. The van der Waals surface area contributed by atoms with E-state index in [1.54, 1.807) is 35.4 Å². The summed E-state index contributed by atoms with van der Waals surface area (Å²) in [6.07, 6.45) is -1.03. The summed E-state index contributed by atoms with van der Waals surface area (Å²) >= 11 is 0.728. The highest BCUT2D eigenvalue weighted by Gasteiger charge is 2.27. The maximum Gasteiger partial charge on any atom is 0.398 e. The average Bonchev–Trinajstić information content (AvgIpc) is 2.47. The summed E-state index contributed by atoms with van der Waals surface area (Å²) in [7, 11) is 0. The molecule has 0 bridgehead atoms. The van der Waals surface area contributed by atoms with Crippen LogP contribution in [0.3, 0.4) is 0 Å². The van der Waals surface area contributed by atoms with E-state index in [-0.39, 0.29) is 5.82 Å². The average molecular weight is 345 g/mol. The third-order valence-corrected chi connectivity index (χ3v) is 4.07. The molecule has 2 rings (SSSR count). The molecule has 23 heavy (non-hydrogen) atoms. The van der Waals surface area contributed by atoms with Gasteiger partial charge in [-0.05, 0) is 17.7 Å². The molecule has 0 saturated carbocycles. The molecule has 9 heteroatoms. The van der Waals surface area contributed by atoms with Crippen molar-refractivity contribution in [3.8, 4) is 0 Å². The van der Waals surface area contributed by atoms with Gasteiger partial charge in [-0.3, -0.25) is 10.1 Å². The number of benzene rings is 1. The second kappa shape index (κ2) is 7.49. The Morgan fingerprint density at radius 3 is 2.65 bits per heavy atom. The van der Waals surface area contributed by atoms with Crippen LogP contribution < -0.4 is 0 Å². The fourth-order valence-corrected chi connectivity index (χ4v) is 2.67. The number of alkyl halides is 3. The highest BCUT2D eigenvalue weighted by molar-refractivity contribution is 7.99. The number of nitro groups is 1. The largest absolute Gasteiger partial charge is 0.398 e. The van der Waals surface area contributed by atoms with E-state index in [1.165, 1.54) is 0 Å². The molecule has 0 aliphatic carbocycles. The van der Waals surface area contributed by atoms with Crippen molar-refractivity contribution in [2.24, 2.45) is 4.99 Å². The summed E-state index contributed by atoms with van der Waals surface area (Å²) in [5.41, 5.74) is 0.854. The van der Waals surface area contributed by atoms with Crippen LogP contribution in [0, 0.1) is 10.1 Å². The lowest BCUT2D eigenvalue weighted by atomic mass is 10.2. The van der Waals surface area contributed by atoms with Crippen LogP contribution in [-0.2, 0) is 6.54 Å². The van der Waals surface area contributed by atoms with Crippen molar-refractivity contribution in [1.29, 1.82) is 0 Å². The topological polar surface area (TPSA) is 58.7 Å². The van der Waals surface area contributed by atoms with Gasteiger partial charge in [-0.15, -0.1) is 11.8 Å². The van der Waals surface area contributed by atoms with Crippen molar-refractivity contribution in [2.75, 3.05) is 12.3 Å². The van der Waals surface area contributed by atoms with Crippen molar-refractivity contribution in [3.63, 3.8) is 0 Å². The number of hydrogen-bond acceptors (Lipinski definition) is 5. The van der Waals surface area contributed by atoms with Crippen LogP contribution in [0.15, 0.2) is 46.2 Å². The summed E-state index contributed by atoms with van der Waals surface area (Å²) in [6, 6.07) is 6.69. The standard InChI is InChI=1S/C14H14F3N3O2S/c15-14(16,17)10-23-12-4-2-11(3-5-12)8-19-7-1-6-18-13(19)9-20(21)22/h2-6,9H,1,7-8,10H2. The smallest absolute Gasteiger partial charge is 0.347 e. The van der Waals surface area contributed by atoms with Crippen LogP contribution >= 0.6 is 11.8 Å². The quantitative estimate of drug-likeness (QED) is 0.464. The van der Waals surface area contributed by atoms with Crippen LogP contribution in [-0.4, -0.2) is 34.5 Å². The molecular formula is C14H14F3N3O2S. The van der Waals surface area contributed by atoms with Crippen LogP contribution in [0.1, 0.15) is 12.0 Å². The first-order chi connectivity index (χ1) is 10.8. The van der Waals surface area contributed by atoms with Gasteiger partial charge in [0.1, 0.15) is 0 Å². The first-order valence-electron chi connectivity index (χ1n) is 6.75. The molecule has 1 aromatic carbocycles. The molecule has 5 nitrogen and oxygen atoms in total. The van der Waals surface area contributed by atoms with Crippen molar-refractivity contribution in [3.05, 3.63) is 52.0 Å². The number of nitrogens with zero attached hydrogens (tertiary/aromatic N) is 3. The van der Waals surface area contributed by atoms with Crippen LogP contribution in [0.5, 0.6) is 0 Å². The summed E-state index contributed by atoms with van der Waals surface area (Å²) < 4.78 is 36.5. The Balaban J connectivity index is 2.00. The van der Waals surface area contributed by atoms with Crippen LogP contribution in [0.2, 0.25) is 0 Å². The van der Waals surface area contributed by atoms with E-state index >= 15 is 0 Å². The first-order valence-corrected chi connectivity index (χ1v) is 7.73. The molecule has 0 unspecified atom stereocenters. The Morgan fingerprint density at radius 1 is 1.35 bits per heavy atom. The maximum absolute atomic E-state index is 12.2. The number of aliphatic imine (C=N–C) groups is 1. The fraction of sp³-hybridized carbons (Fsp3) is 0.357. The van der Waals surface area contributed by atoms with Crippen molar-refractivity contribution >= 4 is 18.0 Å². The predicted octanol–water partition coefficient (Wildman–Crippen LogP) is 3.69. The van der Waals surface area contributed by atoms with E-state index in [1.807, 2.05) is 0 Å². The Morgan fingerprint density at radius 2 is 2.04 bits per heavy atom. The van der Waals surface area contributed by atoms with Gasteiger partial charge in [0.15, 0.2) is 5.82 Å². The molecule has 0 atom stereocenters. The zero-order valence-corrected chi connectivity index (χ0v) is 12.8. The molecule has 0 saturated heterocycles. The highest BCUT2D eigenvalue weighted by Crippen LogP contribution is 2.27. The van der Waals surface area contributed by atoms with Gasteiger partial charge in [0.05, 0.1) is 10.7 Å². The molecule has 0 N–H and O–H groups in total. The predicted molar refractivity (Wildman–Crippen MR) is 81.8 cm³/mol. The number of rotatable bonds is 5. The Bertz CT molecular complexity index is 615. The second-order valence-electron chi connectivity index (χ2n) is 4.84. The van der Waals surface area contributed by atoms with E-state index in [9.17, 15) is 23.3 Å². The van der Waals surface area contributed by atoms with Crippen molar-refractivity contribution < 1.29 is 18.1 Å². The zero-order valence-electron chi connectivity index (χ0n) is 12.0. The highest BCUT2D eigenvalue weighted by atomic mass is 32.2. The molecule has 124 valence electrons. The summed E-state index contributed by atoms with van der Waals surface area (Å²) in [5.74, 6) is -0.653. The number of hydrogen-bond donors (Lipinski definition) is 0. The lowest BCUT2D eigenvalue weighted by Gasteiger charge is -2.25. The Hall–Kier alpha value is -2.03. The minimum atomic E-state index is -4.20. The summed E-state index contributed by atoms with van der Waals surface area (Å²) in [5, 5.41) is 10.6. The lowest BCUT2D eigenvalue weighted by Crippen LogP contribution is -2.26. The van der Waals surface area contributed by atoms with E-state index in [2.05, 4.69) is 4.99 Å². The van der Waals surface area contributed by atoms with Crippen molar-refractivity contribution in [1.82, 2.24) is 4.90 Å². The van der Waals surface area contributed by atoms with Gasteiger partial charge >= 0.3 is 6.18 Å². The van der Waals surface area contributed by atoms with Gasteiger partial charge in [0.25, 0.3) is 6.20 Å². The monoisotopic (exact) mass is 345 g/mol. The zero-order chi connectivity index (χ0) is 16.9. The van der Waals surface area contributed by atoms with Gasteiger partial charge in [0, 0.05) is 30.6 Å². The first kappa shape index (κ1) is 17.3. The fourth-order valence-electron chi connectivity index (χ4n) is 2.01. The molecule has 0 spiro atoms. The second-order valence-corrected chi connectivity index (χ2v) is 5.89. The number of halogens is 3. The molecule has 0 fully saturated rings. The number of thioether (sulfide) groups is 1. The van der Waals surface area contributed by atoms with Crippen molar-refractivity contribution in [2.45, 2.75) is 24.0 Å². The third kappa shape index (κ3) is 5.93. The third-order valence-electron chi connectivity index (χ3n) is 3.00. The summed E-state index contributed by atoms with van der Waals surface area (Å²) in [6.45, 7) is 1.02. The Labute approximate surface area is 135 Å². The minimum Gasteiger partial charge on any atom is -0.347 e. The molecule has 1 aliphatic rings. The molecule has 0 aromatic heterocycles. The molecular weight excluding hydrogens is 331 g/mol. The van der Waals surface area contributed by atoms with E-state index in [0.717, 1.165) is 23.5 Å². The van der Waals surface area contributed by atoms with E-state index in [4.69, 9.17) is 0 Å².